The molecular formula is C16H25N3O2. The molecule has 5 heteroatoms. The molecule has 1 aliphatic rings. The molecule has 0 aliphatic carbocycles. The van der Waals surface area contributed by atoms with Gasteiger partial charge in [-0.25, -0.2) is 0 Å². The third kappa shape index (κ3) is 4.36. The van der Waals surface area contributed by atoms with Crippen molar-refractivity contribution in [2.75, 3.05) is 37.8 Å². The van der Waals surface area contributed by atoms with E-state index in [9.17, 15) is 4.79 Å². The highest BCUT2D eigenvalue weighted by Crippen LogP contribution is 2.26. The lowest BCUT2D eigenvalue weighted by molar-refractivity contribution is -0.117. The minimum atomic E-state index is -0.0196. The van der Waals surface area contributed by atoms with Crippen LogP contribution in [0.25, 0.3) is 0 Å². The molecule has 1 fully saturated rings. The number of anilines is 2. The van der Waals surface area contributed by atoms with Gasteiger partial charge in [-0.3, -0.25) is 9.69 Å². The maximum atomic E-state index is 12.2. The highest BCUT2D eigenvalue weighted by atomic mass is 16.5. The number of nitrogens with zero attached hydrogens (tertiary/aromatic N) is 1. The van der Waals surface area contributed by atoms with Crippen LogP contribution in [0.5, 0.6) is 5.75 Å². The molecule has 1 amide bonds. The summed E-state index contributed by atoms with van der Waals surface area (Å²) < 4.78 is 5.24. The summed E-state index contributed by atoms with van der Waals surface area (Å²) in [5.74, 6) is 1.43. The molecule has 1 aromatic rings. The zero-order valence-corrected chi connectivity index (χ0v) is 12.9. The number of benzene rings is 1. The summed E-state index contributed by atoms with van der Waals surface area (Å²) in [6, 6.07) is 5.24. The average molecular weight is 291 g/mol. The second-order valence-corrected chi connectivity index (χ2v) is 5.64. The van der Waals surface area contributed by atoms with Gasteiger partial charge < -0.3 is 15.8 Å². The van der Waals surface area contributed by atoms with E-state index in [1.165, 1.54) is 19.3 Å². The minimum absolute atomic E-state index is 0.0196. The number of piperidine rings is 1. The molecular weight excluding hydrogens is 266 g/mol. The first-order chi connectivity index (χ1) is 10.1. The van der Waals surface area contributed by atoms with Crippen molar-refractivity contribution in [3.63, 3.8) is 0 Å². The Kier molecular flexibility index (Phi) is 5.44. The predicted molar refractivity (Wildman–Crippen MR) is 85.5 cm³/mol. The van der Waals surface area contributed by atoms with Crippen LogP contribution in [0.3, 0.4) is 0 Å². The van der Waals surface area contributed by atoms with Gasteiger partial charge in [-0.1, -0.05) is 13.3 Å². The Labute approximate surface area is 126 Å². The second kappa shape index (κ2) is 7.31. The molecule has 1 heterocycles. The maximum absolute atomic E-state index is 12.2. The molecule has 21 heavy (non-hydrogen) atoms. The molecule has 1 aliphatic heterocycles. The van der Waals surface area contributed by atoms with E-state index < -0.39 is 0 Å². The van der Waals surface area contributed by atoms with Crippen molar-refractivity contribution in [1.82, 2.24) is 4.90 Å². The quantitative estimate of drug-likeness (QED) is 0.817. The molecule has 0 aromatic heterocycles. The molecule has 0 radical (unpaired) electrons. The monoisotopic (exact) mass is 291 g/mol. The van der Waals surface area contributed by atoms with E-state index >= 15 is 0 Å². The third-order valence-corrected chi connectivity index (χ3v) is 4.15. The fraction of sp³-hybridized carbons (Fsp3) is 0.562. The Morgan fingerprint density at radius 2 is 2.14 bits per heavy atom. The number of ether oxygens (including phenoxy) is 1. The van der Waals surface area contributed by atoms with Gasteiger partial charge in [0.25, 0.3) is 0 Å². The van der Waals surface area contributed by atoms with Crippen LogP contribution in [0.1, 0.15) is 26.2 Å². The summed E-state index contributed by atoms with van der Waals surface area (Å²) in [6.45, 7) is 4.66. The van der Waals surface area contributed by atoms with Crippen LogP contribution in [0.2, 0.25) is 0 Å². The van der Waals surface area contributed by atoms with Gasteiger partial charge in [0.2, 0.25) is 5.91 Å². The van der Waals surface area contributed by atoms with E-state index in [2.05, 4.69) is 17.1 Å². The summed E-state index contributed by atoms with van der Waals surface area (Å²) in [5.41, 5.74) is 6.99. The number of nitrogens with one attached hydrogen (secondary N) is 1. The number of likely N-dealkylation sites (tertiary alicyclic amines) is 1. The van der Waals surface area contributed by atoms with E-state index in [-0.39, 0.29) is 5.91 Å². The average Bonchev–Trinajstić information content (AvgIpc) is 2.48. The van der Waals surface area contributed by atoms with Crippen molar-refractivity contribution in [3.05, 3.63) is 18.2 Å². The van der Waals surface area contributed by atoms with E-state index in [1.54, 1.807) is 25.3 Å². The lowest BCUT2D eigenvalue weighted by Crippen LogP contribution is -2.39. The Morgan fingerprint density at radius 3 is 2.76 bits per heavy atom. The van der Waals surface area contributed by atoms with Gasteiger partial charge in [0.05, 0.1) is 19.3 Å². The van der Waals surface area contributed by atoms with Crippen LogP contribution >= 0.6 is 0 Å². The minimum Gasteiger partial charge on any atom is -0.495 e. The molecule has 0 spiro atoms. The van der Waals surface area contributed by atoms with E-state index in [4.69, 9.17) is 10.5 Å². The lowest BCUT2D eigenvalue weighted by Gasteiger charge is -2.30. The van der Waals surface area contributed by atoms with Crippen LogP contribution in [-0.4, -0.2) is 37.6 Å². The zero-order chi connectivity index (χ0) is 15.2. The largest absolute Gasteiger partial charge is 0.495 e. The summed E-state index contributed by atoms with van der Waals surface area (Å²) in [6.07, 6.45) is 3.61. The third-order valence-electron chi connectivity index (χ3n) is 4.15. The van der Waals surface area contributed by atoms with Gasteiger partial charge >= 0.3 is 0 Å². The highest BCUT2D eigenvalue weighted by molar-refractivity contribution is 5.94. The van der Waals surface area contributed by atoms with Crippen molar-refractivity contribution in [1.29, 1.82) is 0 Å². The first kappa shape index (κ1) is 15.6. The van der Waals surface area contributed by atoms with Crippen molar-refractivity contribution in [3.8, 4) is 5.75 Å². The first-order valence-corrected chi connectivity index (χ1v) is 7.58. The van der Waals surface area contributed by atoms with Gasteiger partial charge in [-0.2, -0.15) is 0 Å². The molecule has 1 saturated heterocycles. The normalized spacial score (nSPS) is 16.7. The van der Waals surface area contributed by atoms with Crippen LogP contribution in [0.4, 0.5) is 11.4 Å². The van der Waals surface area contributed by atoms with Crippen molar-refractivity contribution < 1.29 is 9.53 Å². The molecule has 3 N–H and O–H groups in total. The second-order valence-electron chi connectivity index (χ2n) is 5.64. The van der Waals surface area contributed by atoms with Gasteiger partial charge in [0.1, 0.15) is 5.75 Å². The Balaban J connectivity index is 1.89. The van der Waals surface area contributed by atoms with Crippen LogP contribution in [0, 0.1) is 5.92 Å². The Morgan fingerprint density at radius 1 is 1.43 bits per heavy atom. The number of amides is 1. The predicted octanol–water partition coefficient (Wildman–Crippen LogP) is 2.34. The number of hydrogen-bond donors (Lipinski definition) is 2. The lowest BCUT2D eigenvalue weighted by atomic mass is 9.94. The van der Waals surface area contributed by atoms with Crippen LogP contribution in [0.15, 0.2) is 18.2 Å². The zero-order valence-electron chi connectivity index (χ0n) is 12.9. The van der Waals surface area contributed by atoms with Crippen molar-refractivity contribution in [2.24, 2.45) is 5.92 Å². The summed E-state index contributed by atoms with van der Waals surface area (Å²) in [7, 11) is 1.58. The molecule has 0 unspecified atom stereocenters. The molecule has 0 bridgehead atoms. The molecule has 1 aromatic carbocycles. The number of nitrogens with two attached hydrogens (primary N) is 1. The van der Waals surface area contributed by atoms with Gasteiger partial charge in [0, 0.05) is 5.69 Å². The number of methoxy groups -OCH3 is 1. The number of carbonyl (C=O) groups is 1. The molecule has 0 atom stereocenters. The fourth-order valence-electron chi connectivity index (χ4n) is 2.77. The summed E-state index contributed by atoms with van der Waals surface area (Å²) >= 11 is 0. The maximum Gasteiger partial charge on any atom is 0.238 e. The summed E-state index contributed by atoms with van der Waals surface area (Å²) in [5, 5.41) is 2.89. The van der Waals surface area contributed by atoms with Gasteiger partial charge in [0.15, 0.2) is 0 Å². The topological polar surface area (TPSA) is 67.6 Å². The van der Waals surface area contributed by atoms with E-state index in [1.807, 2.05) is 0 Å². The fourth-order valence-corrected chi connectivity index (χ4v) is 2.77. The van der Waals surface area contributed by atoms with E-state index in [0.717, 1.165) is 19.0 Å². The number of carbonyl (C=O) groups excluding carboxylic acids is 1. The Bertz CT molecular complexity index is 482. The highest BCUT2D eigenvalue weighted by Gasteiger charge is 2.20. The van der Waals surface area contributed by atoms with E-state index in [0.29, 0.717) is 23.7 Å². The van der Waals surface area contributed by atoms with Crippen molar-refractivity contribution >= 4 is 17.3 Å². The number of hydrogen-bond acceptors (Lipinski definition) is 4. The van der Waals surface area contributed by atoms with Crippen LogP contribution < -0.4 is 15.8 Å². The molecule has 2 rings (SSSR count). The van der Waals surface area contributed by atoms with Gasteiger partial charge in [-0.05, 0) is 50.0 Å². The Hall–Kier alpha value is -1.75. The smallest absolute Gasteiger partial charge is 0.238 e. The van der Waals surface area contributed by atoms with Crippen LogP contribution in [-0.2, 0) is 4.79 Å². The molecule has 0 saturated carbocycles. The molecule has 5 nitrogen and oxygen atoms in total. The standard InChI is InChI=1S/C16H25N3O2/c1-3-12-6-8-19(9-7-12)11-16(20)18-14-10-13(17)4-5-15(14)21-2/h4-5,10,12H,3,6-9,11,17H2,1-2H3,(H,18,20). The number of rotatable bonds is 5. The SMILES string of the molecule is CCC1CCN(CC(=O)Nc2cc(N)ccc2OC)CC1. The molecule has 116 valence electrons. The first-order valence-electron chi connectivity index (χ1n) is 7.58. The number of nitrogen functional groups attached to an aromatic ring is 1. The summed E-state index contributed by atoms with van der Waals surface area (Å²) in [4.78, 5) is 14.4. The van der Waals surface area contributed by atoms with Gasteiger partial charge in [-0.15, -0.1) is 0 Å². The van der Waals surface area contributed by atoms with Crippen molar-refractivity contribution in [2.45, 2.75) is 26.2 Å².